The summed E-state index contributed by atoms with van der Waals surface area (Å²) in [6.07, 6.45) is 2.62. The summed E-state index contributed by atoms with van der Waals surface area (Å²) in [5, 5.41) is 14.2. The third-order valence-electron chi connectivity index (χ3n) is 3.10. The SMILES string of the molecule is CC(CN)CCC(=O)Nc1cc(-n2cnnn2)ccc1Cl. The van der Waals surface area contributed by atoms with Crippen molar-refractivity contribution in [2.75, 3.05) is 11.9 Å². The van der Waals surface area contributed by atoms with Crippen molar-refractivity contribution in [3.8, 4) is 5.69 Å². The fourth-order valence-electron chi connectivity index (χ4n) is 1.74. The van der Waals surface area contributed by atoms with Crippen molar-refractivity contribution in [1.29, 1.82) is 0 Å². The van der Waals surface area contributed by atoms with Crippen molar-refractivity contribution in [3.63, 3.8) is 0 Å². The van der Waals surface area contributed by atoms with E-state index in [4.69, 9.17) is 17.3 Å². The van der Waals surface area contributed by atoms with Crippen molar-refractivity contribution < 1.29 is 4.79 Å². The zero-order chi connectivity index (χ0) is 15.2. The second-order valence-corrected chi connectivity index (χ2v) is 5.25. The van der Waals surface area contributed by atoms with Crippen LogP contribution in [0.4, 0.5) is 5.69 Å². The summed E-state index contributed by atoms with van der Waals surface area (Å²) in [7, 11) is 0. The molecule has 1 aromatic carbocycles. The molecule has 7 nitrogen and oxygen atoms in total. The third kappa shape index (κ3) is 4.24. The molecule has 0 aliphatic rings. The Morgan fingerprint density at radius 2 is 2.33 bits per heavy atom. The minimum atomic E-state index is -0.0916. The number of nitrogens with zero attached hydrogens (tertiary/aromatic N) is 4. The third-order valence-corrected chi connectivity index (χ3v) is 3.43. The van der Waals surface area contributed by atoms with Crippen LogP contribution in [0.2, 0.25) is 5.02 Å². The highest BCUT2D eigenvalue weighted by Gasteiger charge is 2.10. The van der Waals surface area contributed by atoms with E-state index in [-0.39, 0.29) is 5.91 Å². The number of tetrazole rings is 1. The molecule has 3 N–H and O–H groups in total. The van der Waals surface area contributed by atoms with Gasteiger partial charge in [0.25, 0.3) is 0 Å². The predicted octanol–water partition coefficient (Wildman–Crippen LogP) is 1.63. The van der Waals surface area contributed by atoms with Gasteiger partial charge in [-0.25, -0.2) is 4.68 Å². The lowest BCUT2D eigenvalue weighted by Crippen LogP contribution is -2.16. The van der Waals surface area contributed by atoms with E-state index in [1.54, 1.807) is 18.2 Å². The van der Waals surface area contributed by atoms with E-state index in [0.29, 0.717) is 29.6 Å². The van der Waals surface area contributed by atoms with E-state index < -0.39 is 0 Å². The molecule has 2 aromatic rings. The van der Waals surface area contributed by atoms with Gasteiger partial charge in [-0.2, -0.15) is 0 Å². The molecular weight excluding hydrogens is 292 g/mol. The quantitative estimate of drug-likeness (QED) is 0.845. The lowest BCUT2D eigenvalue weighted by atomic mass is 10.1. The molecule has 0 fully saturated rings. The maximum absolute atomic E-state index is 11.9. The molecule has 112 valence electrons. The van der Waals surface area contributed by atoms with Gasteiger partial charge in [-0.05, 0) is 47.5 Å². The number of hydrogen-bond donors (Lipinski definition) is 2. The second kappa shape index (κ2) is 7.14. The highest BCUT2D eigenvalue weighted by atomic mass is 35.5. The molecule has 1 atom stereocenters. The number of aromatic nitrogens is 4. The Balaban J connectivity index is 2.05. The van der Waals surface area contributed by atoms with E-state index in [1.165, 1.54) is 11.0 Å². The molecule has 0 aliphatic heterocycles. The van der Waals surface area contributed by atoms with E-state index in [0.717, 1.165) is 12.1 Å². The smallest absolute Gasteiger partial charge is 0.224 e. The molecule has 21 heavy (non-hydrogen) atoms. The van der Waals surface area contributed by atoms with Crippen LogP contribution in [0.5, 0.6) is 0 Å². The van der Waals surface area contributed by atoms with Gasteiger partial charge < -0.3 is 11.1 Å². The maximum atomic E-state index is 11.9. The molecule has 1 heterocycles. The van der Waals surface area contributed by atoms with Crippen LogP contribution in [0.15, 0.2) is 24.5 Å². The van der Waals surface area contributed by atoms with Crippen LogP contribution >= 0.6 is 11.6 Å². The minimum absolute atomic E-state index is 0.0916. The number of nitrogens with two attached hydrogens (primary N) is 1. The Kier molecular flexibility index (Phi) is 5.24. The Bertz CT molecular complexity index is 601. The summed E-state index contributed by atoms with van der Waals surface area (Å²) in [6.45, 7) is 2.58. The van der Waals surface area contributed by atoms with Crippen LogP contribution in [-0.4, -0.2) is 32.7 Å². The average Bonchev–Trinajstić information content (AvgIpc) is 3.01. The Morgan fingerprint density at radius 3 is 3.00 bits per heavy atom. The van der Waals surface area contributed by atoms with Gasteiger partial charge in [0.2, 0.25) is 5.91 Å². The summed E-state index contributed by atoms with van der Waals surface area (Å²) in [4.78, 5) is 11.9. The number of carbonyl (C=O) groups is 1. The minimum Gasteiger partial charge on any atom is -0.330 e. The van der Waals surface area contributed by atoms with E-state index in [9.17, 15) is 4.79 Å². The number of carbonyl (C=O) groups excluding carboxylic acids is 1. The largest absolute Gasteiger partial charge is 0.330 e. The topological polar surface area (TPSA) is 98.7 Å². The molecule has 8 heteroatoms. The Hall–Kier alpha value is -1.99. The van der Waals surface area contributed by atoms with E-state index >= 15 is 0 Å². The summed E-state index contributed by atoms with van der Waals surface area (Å²) < 4.78 is 1.49. The van der Waals surface area contributed by atoms with Gasteiger partial charge in [0.05, 0.1) is 16.4 Å². The fraction of sp³-hybridized carbons (Fsp3) is 0.385. The van der Waals surface area contributed by atoms with Crippen molar-refractivity contribution in [2.45, 2.75) is 19.8 Å². The molecule has 0 bridgehead atoms. The lowest BCUT2D eigenvalue weighted by Gasteiger charge is -2.11. The summed E-state index contributed by atoms with van der Waals surface area (Å²) >= 11 is 6.10. The molecule has 0 radical (unpaired) electrons. The molecule has 0 spiro atoms. The van der Waals surface area contributed by atoms with Crippen LogP contribution in [-0.2, 0) is 4.79 Å². The van der Waals surface area contributed by atoms with E-state index in [1.807, 2.05) is 6.92 Å². The molecule has 0 saturated carbocycles. The highest BCUT2D eigenvalue weighted by molar-refractivity contribution is 6.33. The molecule has 1 unspecified atom stereocenters. The number of amides is 1. The molecule has 0 saturated heterocycles. The lowest BCUT2D eigenvalue weighted by molar-refractivity contribution is -0.116. The van der Waals surface area contributed by atoms with Crippen molar-refractivity contribution in [3.05, 3.63) is 29.5 Å². The molecule has 1 amide bonds. The van der Waals surface area contributed by atoms with Gasteiger partial charge in [-0.3, -0.25) is 4.79 Å². The first-order chi connectivity index (χ1) is 10.1. The van der Waals surface area contributed by atoms with Crippen LogP contribution in [0.3, 0.4) is 0 Å². The number of benzene rings is 1. The number of rotatable bonds is 6. The molecule has 2 rings (SSSR count). The van der Waals surface area contributed by atoms with Crippen LogP contribution < -0.4 is 11.1 Å². The van der Waals surface area contributed by atoms with Crippen molar-refractivity contribution in [1.82, 2.24) is 20.2 Å². The van der Waals surface area contributed by atoms with Gasteiger partial charge in [-0.1, -0.05) is 18.5 Å². The molecule has 0 aliphatic carbocycles. The first-order valence-corrected chi connectivity index (χ1v) is 7.00. The van der Waals surface area contributed by atoms with Crippen LogP contribution in [0.1, 0.15) is 19.8 Å². The highest BCUT2D eigenvalue weighted by Crippen LogP contribution is 2.24. The zero-order valence-electron chi connectivity index (χ0n) is 11.7. The summed E-state index contributed by atoms with van der Waals surface area (Å²) in [5.74, 6) is 0.227. The standard InChI is InChI=1S/C13H17ClN6O/c1-9(7-15)2-5-13(21)17-12-6-10(3-4-11(12)14)20-8-16-18-19-20/h3-4,6,8-9H,2,5,7,15H2,1H3,(H,17,21). The van der Waals surface area contributed by atoms with Gasteiger partial charge in [0.15, 0.2) is 0 Å². The number of hydrogen-bond acceptors (Lipinski definition) is 5. The first kappa shape index (κ1) is 15.4. The number of anilines is 1. The van der Waals surface area contributed by atoms with Crippen molar-refractivity contribution >= 4 is 23.2 Å². The van der Waals surface area contributed by atoms with Crippen LogP contribution in [0.25, 0.3) is 5.69 Å². The van der Waals surface area contributed by atoms with Gasteiger partial charge in [-0.15, -0.1) is 5.10 Å². The Labute approximate surface area is 127 Å². The van der Waals surface area contributed by atoms with Crippen molar-refractivity contribution in [2.24, 2.45) is 11.7 Å². The fourth-order valence-corrected chi connectivity index (χ4v) is 1.90. The Morgan fingerprint density at radius 1 is 1.52 bits per heavy atom. The maximum Gasteiger partial charge on any atom is 0.224 e. The average molecular weight is 309 g/mol. The normalized spacial score (nSPS) is 12.1. The summed E-state index contributed by atoms with van der Waals surface area (Å²) in [5.41, 5.74) is 6.79. The summed E-state index contributed by atoms with van der Waals surface area (Å²) in [6, 6.07) is 5.19. The number of halogens is 1. The zero-order valence-corrected chi connectivity index (χ0v) is 12.4. The number of nitrogens with one attached hydrogen (secondary N) is 1. The van der Waals surface area contributed by atoms with Gasteiger partial charge >= 0.3 is 0 Å². The van der Waals surface area contributed by atoms with Gasteiger partial charge in [0, 0.05) is 6.42 Å². The van der Waals surface area contributed by atoms with E-state index in [2.05, 4.69) is 20.8 Å². The second-order valence-electron chi connectivity index (χ2n) is 4.85. The molecular formula is C13H17ClN6O. The van der Waals surface area contributed by atoms with Crippen LogP contribution in [0, 0.1) is 5.92 Å². The monoisotopic (exact) mass is 308 g/mol. The first-order valence-electron chi connectivity index (χ1n) is 6.63. The predicted molar refractivity (Wildman–Crippen MR) is 80.2 cm³/mol. The molecule has 1 aromatic heterocycles. The van der Waals surface area contributed by atoms with Gasteiger partial charge in [0.1, 0.15) is 6.33 Å².